The minimum atomic E-state index is -0.480. The van der Waals surface area contributed by atoms with Gasteiger partial charge in [0.15, 0.2) is 0 Å². The lowest BCUT2D eigenvalue weighted by molar-refractivity contribution is 0.100. The number of primary amides is 1. The lowest BCUT2D eigenvalue weighted by Crippen LogP contribution is -2.10. The Morgan fingerprint density at radius 2 is 0.627 bits per heavy atom. The second-order valence-corrected chi connectivity index (χ2v) is 12.4. The molecule has 240 valence electrons. The van der Waals surface area contributed by atoms with Gasteiger partial charge >= 0.3 is 0 Å². The molecule has 5 aliphatic rings. The molecule has 4 aromatic carbocycles. The Bertz CT molecular complexity index is 2490. The van der Waals surface area contributed by atoms with Crippen LogP contribution in [0.5, 0.6) is 0 Å². The summed E-state index contributed by atoms with van der Waals surface area (Å²) in [6.07, 6.45) is 16.4. The van der Waals surface area contributed by atoms with E-state index in [2.05, 4.69) is 60.7 Å². The zero-order valence-electron chi connectivity index (χ0n) is 27.4. The Morgan fingerprint density at radius 1 is 0.353 bits per heavy atom. The van der Waals surface area contributed by atoms with Gasteiger partial charge in [0, 0.05) is 27.9 Å². The summed E-state index contributed by atoms with van der Waals surface area (Å²) in [7, 11) is 0. The van der Waals surface area contributed by atoms with E-state index in [1.807, 2.05) is 91.0 Å². The third-order valence-electron chi connectivity index (χ3n) is 9.25. The smallest absolute Gasteiger partial charge is 0.248 e. The molecule has 4 aromatic rings. The van der Waals surface area contributed by atoms with E-state index < -0.39 is 5.91 Å². The van der Waals surface area contributed by atoms with Gasteiger partial charge < -0.3 is 5.73 Å². The molecule has 0 saturated carbocycles. The zero-order chi connectivity index (χ0) is 34.3. The van der Waals surface area contributed by atoms with Crippen LogP contribution < -0.4 is 5.73 Å². The summed E-state index contributed by atoms with van der Waals surface area (Å²) in [4.78, 5) is 33.1. The predicted octanol–water partition coefficient (Wildman–Crippen LogP) is 8.79. The highest BCUT2D eigenvalue weighted by atomic mass is 16.1. The number of carbonyl (C=O) groups is 1. The maximum Gasteiger partial charge on any atom is 0.248 e. The second-order valence-electron chi connectivity index (χ2n) is 12.4. The Balaban J connectivity index is 1.36. The number of carbonyl (C=O) groups excluding carboxylic acids is 1. The summed E-state index contributed by atoms with van der Waals surface area (Å²) < 4.78 is 0. The molecule has 0 aliphatic carbocycles. The monoisotopic (exact) mass is 655 g/mol. The molecule has 51 heavy (non-hydrogen) atoms. The highest BCUT2D eigenvalue weighted by Gasteiger charge is 2.27. The number of amides is 1. The Morgan fingerprint density at radius 3 is 0.902 bits per heavy atom. The van der Waals surface area contributed by atoms with E-state index in [-0.39, 0.29) is 0 Å². The van der Waals surface area contributed by atoms with E-state index >= 15 is 0 Å². The van der Waals surface area contributed by atoms with Crippen LogP contribution in [0.3, 0.4) is 0 Å². The number of hydrogen-bond acceptors (Lipinski definition) is 5. The van der Waals surface area contributed by atoms with Crippen molar-refractivity contribution in [3.63, 3.8) is 0 Å². The summed E-state index contributed by atoms with van der Waals surface area (Å²) in [5.74, 6) is -0.480. The average molecular weight is 656 g/mol. The largest absolute Gasteiger partial charge is 0.366 e. The number of nitrogens with two attached hydrogens (primary N) is 1. The molecule has 2 N–H and O–H groups in total. The van der Waals surface area contributed by atoms with Gasteiger partial charge in [-0.25, -0.2) is 20.0 Å². The molecular formula is C45H29N5O. The molecule has 0 radical (unpaired) electrons. The minimum absolute atomic E-state index is 0.433. The van der Waals surface area contributed by atoms with Crippen molar-refractivity contribution in [1.82, 2.24) is 0 Å². The van der Waals surface area contributed by atoms with Gasteiger partial charge in [-0.1, -0.05) is 103 Å². The average Bonchev–Trinajstić information content (AvgIpc) is 4.01. The molecule has 0 saturated heterocycles. The first kappa shape index (κ1) is 30.0. The lowest BCUT2D eigenvalue weighted by atomic mass is 9.97. The molecule has 6 nitrogen and oxygen atoms in total. The van der Waals surface area contributed by atoms with Crippen molar-refractivity contribution < 1.29 is 4.79 Å². The van der Waals surface area contributed by atoms with Crippen LogP contribution in [-0.2, 0) is 0 Å². The molecule has 1 amide bonds. The van der Waals surface area contributed by atoms with Crippen molar-refractivity contribution in [1.29, 1.82) is 0 Å². The normalized spacial score (nSPS) is 17.4. The van der Waals surface area contributed by atoms with Gasteiger partial charge in [0.05, 0.1) is 45.6 Å². The molecule has 8 bridgehead atoms. The molecule has 0 unspecified atom stereocenters. The first-order valence-electron chi connectivity index (χ1n) is 16.7. The van der Waals surface area contributed by atoms with Crippen LogP contribution in [0.2, 0.25) is 0 Å². The van der Waals surface area contributed by atoms with Crippen LogP contribution in [0, 0.1) is 0 Å². The third-order valence-corrected chi connectivity index (χ3v) is 9.25. The van der Waals surface area contributed by atoms with Crippen LogP contribution in [0.1, 0.15) is 32.6 Å². The molecule has 0 aromatic heterocycles. The summed E-state index contributed by atoms with van der Waals surface area (Å²) in [6, 6.07) is 38.1. The van der Waals surface area contributed by atoms with Gasteiger partial charge in [0.2, 0.25) is 5.91 Å². The van der Waals surface area contributed by atoms with Gasteiger partial charge in [-0.05, 0) is 83.0 Å². The van der Waals surface area contributed by atoms with E-state index in [1.165, 1.54) is 0 Å². The summed E-state index contributed by atoms with van der Waals surface area (Å²) in [5.41, 5.74) is 19.9. The fourth-order valence-corrected chi connectivity index (χ4v) is 6.89. The van der Waals surface area contributed by atoms with Gasteiger partial charge in [0.25, 0.3) is 0 Å². The quantitative estimate of drug-likeness (QED) is 0.229. The van der Waals surface area contributed by atoms with Gasteiger partial charge in [-0.15, -0.1) is 0 Å². The van der Waals surface area contributed by atoms with Crippen molar-refractivity contribution >= 4 is 51.0 Å². The number of rotatable bonds is 5. The topological polar surface area (TPSA) is 92.5 Å². The molecule has 5 aliphatic heterocycles. The highest BCUT2D eigenvalue weighted by Crippen LogP contribution is 2.38. The summed E-state index contributed by atoms with van der Waals surface area (Å²) >= 11 is 0. The Hall–Kier alpha value is -7.05. The molecule has 0 spiro atoms. The molecule has 0 fully saturated rings. The molecule has 0 atom stereocenters. The van der Waals surface area contributed by atoms with E-state index in [9.17, 15) is 4.79 Å². The number of fused-ring (bicyclic) bond motifs is 4. The second kappa shape index (κ2) is 12.4. The first-order valence-corrected chi connectivity index (χ1v) is 16.7. The number of hydrogen-bond donors (Lipinski definition) is 1. The first-order chi connectivity index (χ1) is 25.1. The SMILES string of the molecule is NC(=O)c1ccc(C2=C3C=CC(=N3)C(c3ccccc3)=C3C=CC(=N3)C(c3ccccc3)=C3C=CC(=N3)C(c3ccccc3)=C3C=CC2=N3)cc1. The zero-order valence-corrected chi connectivity index (χ0v) is 27.4. The summed E-state index contributed by atoms with van der Waals surface area (Å²) in [6.45, 7) is 0. The van der Waals surface area contributed by atoms with E-state index in [0.29, 0.717) is 5.56 Å². The molecule has 9 rings (SSSR count). The van der Waals surface area contributed by atoms with Gasteiger partial charge in [0.1, 0.15) is 0 Å². The van der Waals surface area contributed by atoms with Crippen molar-refractivity contribution in [2.24, 2.45) is 25.7 Å². The standard InChI is InChI=1S/C45H29N5O/c46-45(51)32-18-16-31(17-19-32)44-39-26-24-37(49-39)42(29-12-6-2-7-13-29)35-22-20-33(47-35)41(28-10-4-1-5-11-28)34-21-23-36(48-34)43(30-14-8-3-9-15-30)38-25-27-40(44)50-38/h1-27H,(H2,46,51). The number of nitrogens with zero attached hydrogens (tertiary/aromatic N) is 4. The van der Waals surface area contributed by atoms with Crippen molar-refractivity contribution in [3.8, 4) is 0 Å². The highest BCUT2D eigenvalue weighted by molar-refractivity contribution is 6.39. The van der Waals surface area contributed by atoms with Crippen molar-refractivity contribution in [2.45, 2.75) is 0 Å². The van der Waals surface area contributed by atoms with Crippen LogP contribution in [0.4, 0.5) is 0 Å². The van der Waals surface area contributed by atoms with E-state index in [1.54, 1.807) is 12.1 Å². The number of benzene rings is 4. The van der Waals surface area contributed by atoms with Crippen molar-refractivity contribution in [2.75, 3.05) is 0 Å². The number of allylic oxidation sites excluding steroid dienone is 12. The van der Waals surface area contributed by atoms with Crippen LogP contribution in [0.15, 0.2) is 207 Å². The fraction of sp³-hybridized carbons (Fsp3) is 0. The lowest BCUT2D eigenvalue weighted by Gasteiger charge is -2.12. The van der Waals surface area contributed by atoms with E-state index in [0.717, 1.165) is 90.2 Å². The third kappa shape index (κ3) is 5.45. The van der Waals surface area contributed by atoms with Crippen LogP contribution in [0.25, 0.3) is 22.3 Å². The summed E-state index contributed by atoms with van der Waals surface area (Å²) in [5, 5.41) is 0. The predicted molar refractivity (Wildman–Crippen MR) is 208 cm³/mol. The van der Waals surface area contributed by atoms with Crippen molar-refractivity contribution in [3.05, 3.63) is 214 Å². The minimum Gasteiger partial charge on any atom is -0.366 e. The van der Waals surface area contributed by atoms with Crippen LogP contribution >= 0.6 is 0 Å². The fourth-order valence-electron chi connectivity index (χ4n) is 6.89. The molecule has 6 heteroatoms. The Labute approximate surface area is 295 Å². The van der Waals surface area contributed by atoms with Gasteiger partial charge in [-0.3, -0.25) is 4.79 Å². The number of aliphatic imine (C=N–C) groups is 4. The van der Waals surface area contributed by atoms with Gasteiger partial charge in [-0.2, -0.15) is 0 Å². The molecular weight excluding hydrogens is 627 g/mol. The van der Waals surface area contributed by atoms with Crippen LogP contribution in [-0.4, -0.2) is 28.8 Å². The maximum atomic E-state index is 12.0. The van der Waals surface area contributed by atoms with E-state index in [4.69, 9.17) is 25.7 Å². The molecule has 5 heterocycles. The maximum absolute atomic E-state index is 12.0. The Kier molecular flexibility index (Phi) is 7.33.